The fourth-order valence-electron chi connectivity index (χ4n) is 2.43. The van der Waals surface area contributed by atoms with Gasteiger partial charge in [-0.3, -0.25) is 0 Å². The molecule has 3 nitrogen and oxygen atoms in total. The average Bonchev–Trinajstić information content (AvgIpc) is 2.47. The van der Waals surface area contributed by atoms with Crippen LogP contribution in [-0.2, 0) is 7.05 Å². The zero-order valence-electron chi connectivity index (χ0n) is 9.70. The van der Waals surface area contributed by atoms with E-state index in [1.807, 2.05) is 19.4 Å². The molecule has 0 fully saturated rings. The Morgan fingerprint density at radius 2 is 2.27 bits per heavy atom. The molecule has 3 heteroatoms. The number of aromatic nitrogens is 2. The smallest absolute Gasteiger partial charge is 0.135 e. The summed E-state index contributed by atoms with van der Waals surface area (Å²) in [6.07, 6.45) is 8.09. The Balaban J connectivity index is 2.34. The first kappa shape index (κ1) is 10.4. The van der Waals surface area contributed by atoms with Gasteiger partial charge in [0.15, 0.2) is 0 Å². The summed E-state index contributed by atoms with van der Waals surface area (Å²) in [5.41, 5.74) is 7.61. The molecule has 0 bridgehead atoms. The lowest BCUT2D eigenvalue weighted by Crippen LogP contribution is -2.31. The van der Waals surface area contributed by atoms with E-state index in [1.165, 1.54) is 5.57 Å². The van der Waals surface area contributed by atoms with Crippen molar-refractivity contribution in [3.63, 3.8) is 0 Å². The van der Waals surface area contributed by atoms with Crippen LogP contribution in [0.1, 0.15) is 32.5 Å². The van der Waals surface area contributed by atoms with Crippen LogP contribution in [0.2, 0.25) is 0 Å². The number of nitrogens with two attached hydrogens (primary N) is 1. The minimum Gasteiger partial charge on any atom is -0.334 e. The lowest BCUT2D eigenvalue weighted by Gasteiger charge is -2.32. The second-order valence-corrected chi connectivity index (χ2v) is 5.26. The molecule has 0 saturated heterocycles. The summed E-state index contributed by atoms with van der Waals surface area (Å²) in [7, 11) is 2.02. The van der Waals surface area contributed by atoms with E-state index in [0.717, 1.165) is 18.7 Å². The molecule has 0 radical (unpaired) electrons. The molecule has 1 aromatic heterocycles. The minimum atomic E-state index is 0.167. The van der Waals surface area contributed by atoms with Crippen molar-refractivity contribution in [2.45, 2.75) is 32.7 Å². The van der Waals surface area contributed by atoms with Gasteiger partial charge in [0, 0.05) is 25.5 Å². The molecule has 1 atom stereocenters. The maximum Gasteiger partial charge on any atom is 0.135 e. The van der Waals surface area contributed by atoms with Crippen molar-refractivity contribution in [2.75, 3.05) is 0 Å². The van der Waals surface area contributed by atoms with Gasteiger partial charge < -0.3 is 10.3 Å². The van der Waals surface area contributed by atoms with E-state index in [2.05, 4.69) is 29.5 Å². The van der Waals surface area contributed by atoms with Gasteiger partial charge in [-0.1, -0.05) is 19.9 Å². The zero-order valence-corrected chi connectivity index (χ0v) is 9.70. The van der Waals surface area contributed by atoms with E-state index in [1.54, 1.807) is 0 Å². The Hall–Kier alpha value is -1.09. The fraction of sp³-hybridized carbons (Fsp3) is 0.583. The van der Waals surface area contributed by atoms with E-state index in [4.69, 9.17) is 5.73 Å². The van der Waals surface area contributed by atoms with E-state index >= 15 is 0 Å². The molecule has 1 aliphatic rings. The molecule has 1 aromatic rings. The van der Waals surface area contributed by atoms with E-state index < -0.39 is 0 Å². The average molecular weight is 205 g/mol. The highest BCUT2D eigenvalue weighted by Crippen LogP contribution is 2.38. The topological polar surface area (TPSA) is 43.8 Å². The van der Waals surface area contributed by atoms with Crippen molar-refractivity contribution in [1.82, 2.24) is 9.55 Å². The first-order valence-corrected chi connectivity index (χ1v) is 5.42. The SMILES string of the molecule is Cn1ccnc1C1=CC(N)CC(C)(C)C1. The summed E-state index contributed by atoms with van der Waals surface area (Å²) in [6.45, 7) is 4.53. The molecule has 0 spiro atoms. The number of nitrogens with zero attached hydrogens (tertiary/aromatic N) is 2. The quantitative estimate of drug-likeness (QED) is 0.761. The van der Waals surface area contributed by atoms with E-state index in [9.17, 15) is 0 Å². The van der Waals surface area contributed by atoms with Crippen LogP contribution >= 0.6 is 0 Å². The van der Waals surface area contributed by atoms with Gasteiger partial charge in [-0.2, -0.15) is 0 Å². The lowest BCUT2D eigenvalue weighted by atomic mass is 9.75. The molecule has 1 heterocycles. The van der Waals surface area contributed by atoms with Gasteiger partial charge in [-0.25, -0.2) is 4.98 Å². The molecule has 1 unspecified atom stereocenters. The molecule has 2 rings (SSSR count). The minimum absolute atomic E-state index is 0.167. The second-order valence-electron chi connectivity index (χ2n) is 5.26. The molecule has 0 amide bonds. The van der Waals surface area contributed by atoms with Crippen LogP contribution in [0.4, 0.5) is 0 Å². The summed E-state index contributed by atoms with van der Waals surface area (Å²) >= 11 is 0. The lowest BCUT2D eigenvalue weighted by molar-refractivity contribution is 0.317. The molecule has 0 aliphatic heterocycles. The summed E-state index contributed by atoms with van der Waals surface area (Å²) in [6, 6.07) is 0.167. The maximum absolute atomic E-state index is 6.04. The Morgan fingerprint density at radius 1 is 1.53 bits per heavy atom. The molecule has 0 saturated carbocycles. The van der Waals surface area contributed by atoms with E-state index in [0.29, 0.717) is 0 Å². The maximum atomic E-state index is 6.04. The third-order valence-corrected chi connectivity index (χ3v) is 2.98. The van der Waals surface area contributed by atoms with Gasteiger partial charge in [-0.05, 0) is 23.8 Å². The molecular weight excluding hydrogens is 186 g/mol. The number of rotatable bonds is 1. The van der Waals surface area contributed by atoms with Gasteiger partial charge in [0.2, 0.25) is 0 Å². The Morgan fingerprint density at radius 3 is 2.80 bits per heavy atom. The van der Waals surface area contributed by atoms with Gasteiger partial charge in [-0.15, -0.1) is 0 Å². The van der Waals surface area contributed by atoms with Crippen LogP contribution in [0.15, 0.2) is 18.5 Å². The van der Waals surface area contributed by atoms with Crippen LogP contribution in [0, 0.1) is 5.41 Å². The van der Waals surface area contributed by atoms with Crippen molar-refractivity contribution in [3.05, 3.63) is 24.3 Å². The molecule has 82 valence electrons. The van der Waals surface area contributed by atoms with Crippen LogP contribution < -0.4 is 5.73 Å². The summed E-state index contributed by atoms with van der Waals surface area (Å²) in [4.78, 5) is 4.38. The molecule has 1 aliphatic carbocycles. The van der Waals surface area contributed by atoms with Crippen molar-refractivity contribution >= 4 is 5.57 Å². The van der Waals surface area contributed by atoms with Crippen LogP contribution in [0.25, 0.3) is 5.57 Å². The van der Waals surface area contributed by atoms with E-state index in [-0.39, 0.29) is 11.5 Å². The monoisotopic (exact) mass is 205 g/mol. The third kappa shape index (κ3) is 2.12. The van der Waals surface area contributed by atoms with Crippen molar-refractivity contribution in [1.29, 1.82) is 0 Å². The Labute approximate surface area is 91.0 Å². The third-order valence-electron chi connectivity index (χ3n) is 2.98. The summed E-state index contributed by atoms with van der Waals surface area (Å²) < 4.78 is 2.06. The molecule has 15 heavy (non-hydrogen) atoms. The first-order chi connectivity index (χ1) is 6.98. The predicted molar refractivity (Wildman–Crippen MR) is 62.2 cm³/mol. The van der Waals surface area contributed by atoms with Gasteiger partial charge >= 0.3 is 0 Å². The highest BCUT2D eigenvalue weighted by atomic mass is 15.0. The van der Waals surface area contributed by atoms with Crippen LogP contribution in [0.3, 0.4) is 0 Å². The molecular formula is C12H19N3. The van der Waals surface area contributed by atoms with Crippen molar-refractivity contribution in [2.24, 2.45) is 18.2 Å². The number of imidazole rings is 1. The normalized spacial score (nSPS) is 25.1. The Bertz CT molecular complexity index is 387. The largest absolute Gasteiger partial charge is 0.334 e. The fourth-order valence-corrected chi connectivity index (χ4v) is 2.43. The van der Waals surface area contributed by atoms with Crippen LogP contribution in [0.5, 0.6) is 0 Å². The second kappa shape index (κ2) is 3.49. The van der Waals surface area contributed by atoms with Gasteiger partial charge in [0.25, 0.3) is 0 Å². The molecule has 2 N–H and O–H groups in total. The van der Waals surface area contributed by atoms with Crippen molar-refractivity contribution < 1.29 is 0 Å². The number of allylic oxidation sites excluding steroid dienone is 1. The summed E-state index contributed by atoms with van der Waals surface area (Å²) in [5, 5.41) is 0. The predicted octanol–water partition coefficient (Wildman–Crippen LogP) is 1.95. The van der Waals surface area contributed by atoms with Gasteiger partial charge in [0.1, 0.15) is 5.82 Å². The first-order valence-electron chi connectivity index (χ1n) is 5.42. The number of hydrogen-bond donors (Lipinski definition) is 1. The van der Waals surface area contributed by atoms with Gasteiger partial charge in [0.05, 0.1) is 0 Å². The molecule has 0 aromatic carbocycles. The highest BCUT2D eigenvalue weighted by molar-refractivity contribution is 5.62. The van der Waals surface area contributed by atoms with Crippen LogP contribution in [-0.4, -0.2) is 15.6 Å². The van der Waals surface area contributed by atoms with Crippen molar-refractivity contribution in [3.8, 4) is 0 Å². The highest BCUT2D eigenvalue weighted by Gasteiger charge is 2.28. The number of aryl methyl sites for hydroxylation is 1. The number of hydrogen-bond acceptors (Lipinski definition) is 2. The summed E-state index contributed by atoms with van der Waals surface area (Å²) in [5.74, 6) is 1.05. The Kier molecular flexibility index (Phi) is 2.43. The standard InChI is InChI=1S/C12H19N3/c1-12(2)7-9(6-10(13)8-12)11-14-4-5-15(11)3/h4-6,10H,7-8,13H2,1-3H3. The zero-order chi connectivity index (χ0) is 11.1.